The molecule has 2 rings (SSSR count). The summed E-state index contributed by atoms with van der Waals surface area (Å²) in [5, 5.41) is 0.464. The SMILES string of the molecule is C[C@H](NS(=O)(=O)c1ccc(Cl)cc1)C(=O)N(C)C1CCCCCC1. The monoisotopic (exact) mass is 372 g/mol. The van der Waals surface area contributed by atoms with Crippen LogP contribution >= 0.6 is 11.6 Å². The van der Waals surface area contributed by atoms with Crippen molar-refractivity contribution < 1.29 is 13.2 Å². The predicted molar refractivity (Wildman–Crippen MR) is 95.5 cm³/mol. The van der Waals surface area contributed by atoms with Gasteiger partial charge in [0.25, 0.3) is 0 Å². The minimum absolute atomic E-state index is 0.101. The van der Waals surface area contributed by atoms with Gasteiger partial charge in [-0.2, -0.15) is 4.72 Å². The molecule has 0 spiro atoms. The molecule has 1 aromatic rings. The van der Waals surface area contributed by atoms with Crippen LogP contribution < -0.4 is 4.72 Å². The lowest BCUT2D eigenvalue weighted by molar-refractivity contribution is -0.133. The summed E-state index contributed by atoms with van der Waals surface area (Å²) in [4.78, 5) is 14.4. The topological polar surface area (TPSA) is 66.5 Å². The highest BCUT2D eigenvalue weighted by atomic mass is 35.5. The molecule has 0 aliphatic heterocycles. The number of rotatable bonds is 5. The third-order valence-corrected chi connectivity index (χ3v) is 6.35. The first-order valence-corrected chi connectivity index (χ1v) is 10.2. The number of nitrogens with zero attached hydrogens (tertiary/aromatic N) is 1. The van der Waals surface area contributed by atoms with Crippen molar-refractivity contribution >= 4 is 27.5 Å². The fourth-order valence-corrected chi connectivity index (χ4v) is 4.42. The molecular formula is C17H25ClN2O3S. The maximum Gasteiger partial charge on any atom is 0.241 e. The Hall–Kier alpha value is -1.11. The molecule has 0 aromatic heterocycles. The van der Waals surface area contributed by atoms with E-state index in [1.54, 1.807) is 18.9 Å². The Balaban J connectivity index is 2.03. The molecule has 0 radical (unpaired) electrons. The molecule has 7 heteroatoms. The fraction of sp³-hybridized carbons (Fsp3) is 0.588. The van der Waals surface area contributed by atoms with Gasteiger partial charge in [0.05, 0.1) is 10.9 Å². The number of hydrogen-bond acceptors (Lipinski definition) is 3. The van der Waals surface area contributed by atoms with Gasteiger partial charge in [0.1, 0.15) is 0 Å². The zero-order chi connectivity index (χ0) is 17.7. The van der Waals surface area contributed by atoms with Gasteiger partial charge in [0.2, 0.25) is 15.9 Å². The summed E-state index contributed by atoms with van der Waals surface area (Å²) >= 11 is 5.78. The van der Waals surface area contributed by atoms with Crippen LogP contribution in [0.2, 0.25) is 5.02 Å². The number of hydrogen-bond donors (Lipinski definition) is 1. The highest BCUT2D eigenvalue weighted by Gasteiger charge is 2.28. The average molecular weight is 373 g/mol. The minimum Gasteiger partial charge on any atom is -0.341 e. The lowest BCUT2D eigenvalue weighted by atomic mass is 10.1. The second kappa shape index (κ2) is 8.32. The average Bonchev–Trinajstić information content (AvgIpc) is 2.82. The van der Waals surface area contributed by atoms with Crippen LogP contribution in [0.4, 0.5) is 0 Å². The number of benzene rings is 1. The molecule has 0 bridgehead atoms. The maximum atomic E-state index is 12.6. The summed E-state index contributed by atoms with van der Waals surface area (Å²) in [5.74, 6) is -0.195. The van der Waals surface area contributed by atoms with E-state index in [1.165, 1.54) is 37.1 Å². The van der Waals surface area contributed by atoms with Gasteiger partial charge in [-0.05, 0) is 44.0 Å². The molecule has 0 unspecified atom stereocenters. The third kappa shape index (κ3) is 4.94. The number of nitrogens with one attached hydrogen (secondary N) is 1. The molecule has 134 valence electrons. The largest absolute Gasteiger partial charge is 0.341 e. The van der Waals surface area contributed by atoms with Crippen LogP contribution in [-0.2, 0) is 14.8 Å². The van der Waals surface area contributed by atoms with Crippen molar-refractivity contribution in [1.29, 1.82) is 0 Å². The van der Waals surface area contributed by atoms with Crippen LogP contribution in [0.25, 0.3) is 0 Å². The van der Waals surface area contributed by atoms with E-state index in [2.05, 4.69) is 4.72 Å². The van der Waals surface area contributed by atoms with E-state index in [-0.39, 0.29) is 16.8 Å². The fourth-order valence-electron chi connectivity index (χ4n) is 3.10. The van der Waals surface area contributed by atoms with Gasteiger partial charge >= 0.3 is 0 Å². The third-order valence-electron chi connectivity index (χ3n) is 4.55. The van der Waals surface area contributed by atoms with E-state index < -0.39 is 16.1 Å². The second-order valence-electron chi connectivity index (χ2n) is 6.39. The Bertz CT molecular complexity index is 653. The first kappa shape index (κ1) is 19.2. The van der Waals surface area contributed by atoms with Crippen LogP contribution in [0, 0.1) is 0 Å². The number of likely N-dealkylation sites (N-methyl/N-ethyl adjacent to an activating group) is 1. The summed E-state index contributed by atoms with van der Waals surface area (Å²) in [7, 11) is -1.98. The molecule has 0 heterocycles. The Morgan fingerprint density at radius 3 is 2.25 bits per heavy atom. The zero-order valence-electron chi connectivity index (χ0n) is 14.2. The van der Waals surface area contributed by atoms with Crippen molar-refractivity contribution in [2.45, 2.75) is 62.4 Å². The van der Waals surface area contributed by atoms with Crippen molar-refractivity contribution in [1.82, 2.24) is 9.62 Å². The number of halogens is 1. The Morgan fingerprint density at radius 1 is 1.17 bits per heavy atom. The van der Waals surface area contributed by atoms with Gasteiger partial charge in [-0.3, -0.25) is 4.79 Å². The van der Waals surface area contributed by atoms with Gasteiger partial charge in [-0.1, -0.05) is 37.3 Å². The lowest BCUT2D eigenvalue weighted by Gasteiger charge is -2.29. The number of amides is 1. The van der Waals surface area contributed by atoms with Crippen molar-refractivity contribution in [2.75, 3.05) is 7.05 Å². The highest BCUT2D eigenvalue weighted by molar-refractivity contribution is 7.89. The molecule has 1 aliphatic carbocycles. The Kier molecular flexibility index (Phi) is 6.66. The molecule has 1 atom stereocenters. The number of sulfonamides is 1. The molecule has 1 aliphatic rings. The van der Waals surface area contributed by atoms with Crippen molar-refractivity contribution in [2.24, 2.45) is 0 Å². The zero-order valence-corrected chi connectivity index (χ0v) is 15.7. The van der Waals surface area contributed by atoms with Crippen LogP contribution in [0.3, 0.4) is 0 Å². The number of carbonyl (C=O) groups is 1. The molecule has 5 nitrogen and oxygen atoms in total. The molecule has 0 saturated heterocycles. The molecule has 24 heavy (non-hydrogen) atoms. The van der Waals surface area contributed by atoms with Crippen LogP contribution in [0.1, 0.15) is 45.4 Å². The summed E-state index contributed by atoms with van der Waals surface area (Å²) < 4.78 is 27.2. The number of carbonyl (C=O) groups excluding carboxylic acids is 1. The van der Waals surface area contributed by atoms with Crippen molar-refractivity contribution in [3.05, 3.63) is 29.3 Å². The standard InChI is InChI=1S/C17H25ClN2O3S/c1-13(17(21)20(2)15-7-5-3-4-6-8-15)19-24(22,23)16-11-9-14(18)10-12-16/h9-13,15,19H,3-8H2,1-2H3/t13-/m0/s1. The van der Waals surface area contributed by atoms with Gasteiger partial charge < -0.3 is 4.90 Å². The summed E-state index contributed by atoms with van der Waals surface area (Å²) in [5.41, 5.74) is 0. The summed E-state index contributed by atoms with van der Waals surface area (Å²) in [6.07, 6.45) is 6.62. The van der Waals surface area contributed by atoms with E-state index >= 15 is 0 Å². The van der Waals surface area contributed by atoms with E-state index in [0.717, 1.165) is 25.7 Å². The maximum absolute atomic E-state index is 12.6. The summed E-state index contributed by atoms with van der Waals surface area (Å²) in [6.45, 7) is 1.59. The van der Waals surface area contributed by atoms with Crippen molar-refractivity contribution in [3.8, 4) is 0 Å². The van der Waals surface area contributed by atoms with Crippen LogP contribution in [-0.4, -0.2) is 38.4 Å². The van der Waals surface area contributed by atoms with E-state index in [4.69, 9.17) is 11.6 Å². The van der Waals surface area contributed by atoms with E-state index in [1.807, 2.05) is 0 Å². The molecule has 1 aromatic carbocycles. The van der Waals surface area contributed by atoms with Crippen molar-refractivity contribution in [3.63, 3.8) is 0 Å². The Morgan fingerprint density at radius 2 is 1.71 bits per heavy atom. The first-order valence-electron chi connectivity index (χ1n) is 8.36. The quantitative estimate of drug-likeness (QED) is 0.807. The first-order chi connectivity index (χ1) is 11.3. The van der Waals surface area contributed by atoms with Crippen LogP contribution in [0.5, 0.6) is 0 Å². The molecule has 1 fully saturated rings. The normalized spacial score (nSPS) is 18.0. The molecule has 1 N–H and O–H groups in total. The smallest absolute Gasteiger partial charge is 0.241 e. The molecule has 1 saturated carbocycles. The van der Waals surface area contributed by atoms with Gasteiger partial charge in [-0.15, -0.1) is 0 Å². The molecule has 1 amide bonds. The van der Waals surface area contributed by atoms with E-state index in [0.29, 0.717) is 5.02 Å². The minimum atomic E-state index is -3.75. The predicted octanol–water partition coefficient (Wildman–Crippen LogP) is 3.19. The second-order valence-corrected chi connectivity index (χ2v) is 8.54. The molecular weight excluding hydrogens is 348 g/mol. The van der Waals surface area contributed by atoms with Gasteiger partial charge in [0, 0.05) is 18.1 Å². The van der Waals surface area contributed by atoms with Crippen LogP contribution in [0.15, 0.2) is 29.2 Å². The van der Waals surface area contributed by atoms with E-state index in [9.17, 15) is 13.2 Å². The highest BCUT2D eigenvalue weighted by Crippen LogP contribution is 2.22. The lowest BCUT2D eigenvalue weighted by Crippen LogP contribution is -2.48. The van der Waals surface area contributed by atoms with Gasteiger partial charge in [0.15, 0.2) is 0 Å². The summed E-state index contributed by atoms with van der Waals surface area (Å²) in [6, 6.07) is 5.27. The van der Waals surface area contributed by atoms with Gasteiger partial charge in [-0.25, -0.2) is 8.42 Å². The Labute approximate surface area is 149 Å².